The van der Waals surface area contributed by atoms with E-state index in [0.29, 0.717) is 31.4 Å². The maximum absolute atomic E-state index is 12.9. The van der Waals surface area contributed by atoms with Gasteiger partial charge in [-0.2, -0.15) is 5.10 Å². The van der Waals surface area contributed by atoms with E-state index in [1.807, 2.05) is 17.8 Å². The van der Waals surface area contributed by atoms with E-state index >= 15 is 0 Å². The van der Waals surface area contributed by atoms with Gasteiger partial charge in [-0.3, -0.25) is 15.1 Å². The second kappa shape index (κ2) is 9.78. The van der Waals surface area contributed by atoms with E-state index in [1.165, 1.54) is 19.3 Å². The third kappa shape index (κ3) is 4.27. The van der Waals surface area contributed by atoms with Crippen LogP contribution in [0.2, 0.25) is 0 Å². The van der Waals surface area contributed by atoms with Gasteiger partial charge in [-0.15, -0.1) is 0 Å². The molecule has 0 spiro atoms. The zero-order valence-electron chi connectivity index (χ0n) is 19.5. The van der Waals surface area contributed by atoms with Crippen LogP contribution in [0, 0.1) is 0 Å². The fraction of sp³-hybridized carbons (Fsp3) is 0.565. The van der Waals surface area contributed by atoms with Gasteiger partial charge in [-0.05, 0) is 39.7 Å². The Labute approximate surface area is 193 Å². The van der Waals surface area contributed by atoms with Gasteiger partial charge in [0.1, 0.15) is 0 Å². The number of likely N-dealkylation sites (N-methyl/N-ethyl adjacent to an activating group) is 2. The van der Waals surface area contributed by atoms with Crippen molar-refractivity contribution in [3.63, 3.8) is 0 Å². The van der Waals surface area contributed by atoms with Crippen molar-refractivity contribution >= 4 is 34.2 Å². The maximum Gasteiger partial charge on any atom is 0.271 e. The standard InChI is InChI=1S/C23H33N7O3/c1-4-24-21(31)23(22(32)25-5-2)12-18(29-33-23)16-13-26-20-17(14-27-30(20)6-3)19(16)28-15-10-8-7-9-11-15/h12-15,29H,4-11H2,1-3H3,(H,24,31)(H,25,32)(H,26,28). The first-order chi connectivity index (χ1) is 16.0. The lowest BCUT2D eigenvalue weighted by molar-refractivity contribution is -0.157. The Balaban J connectivity index is 1.79. The van der Waals surface area contributed by atoms with Crippen LogP contribution in [0.3, 0.4) is 0 Å². The summed E-state index contributed by atoms with van der Waals surface area (Å²) in [5, 5.41) is 14.5. The van der Waals surface area contributed by atoms with Gasteiger partial charge in [0, 0.05) is 37.4 Å². The highest BCUT2D eigenvalue weighted by atomic mass is 16.7. The molecule has 10 heteroatoms. The molecule has 178 valence electrons. The van der Waals surface area contributed by atoms with Gasteiger partial charge >= 0.3 is 0 Å². The molecule has 2 amide bonds. The zero-order chi connectivity index (χ0) is 23.4. The number of hydrogen-bond acceptors (Lipinski definition) is 7. The summed E-state index contributed by atoms with van der Waals surface area (Å²) in [5.74, 6) is -1.04. The summed E-state index contributed by atoms with van der Waals surface area (Å²) >= 11 is 0. The smallest absolute Gasteiger partial charge is 0.271 e. The molecular weight excluding hydrogens is 422 g/mol. The van der Waals surface area contributed by atoms with Crippen LogP contribution in [0.15, 0.2) is 18.5 Å². The first kappa shape index (κ1) is 23.0. The fourth-order valence-electron chi connectivity index (χ4n) is 4.51. The first-order valence-corrected chi connectivity index (χ1v) is 11.9. The van der Waals surface area contributed by atoms with Gasteiger partial charge in [0.25, 0.3) is 17.4 Å². The van der Waals surface area contributed by atoms with Crippen LogP contribution in [0.1, 0.15) is 58.4 Å². The Hall–Kier alpha value is -3.14. The van der Waals surface area contributed by atoms with Crippen molar-refractivity contribution in [1.29, 1.82) is 0 Å². The zero-order valence-corrected chi connectivity index (χ0v) is 19.5. The van der Waals surface area contributed by atoms with E-state index in [1.54, 1.807) is 26.1 Å². The minimum absolute atomic E-state index is 0.340. The Morgan fingerprint density at radius 1 is 1.12 bits per heavy atom. The minimum atomic E-state index is -1.80. The molecule has 0 radical (unpaired) electrons. The molecule has 0 saturated heterocycles. The number of aromatic nitrogens is 3. The van der Waals surface area contributed by atoms with Crippen LogP contribution in [-0.4, -0.2) is 51.3 Å². The van der Waals surface area contributed by atoms with E-state index in [9.17, 15) is 9.59 Å². The van der Waals surface area contributed by atoms with Crippen molar-refractivity contribution in [2.24, 2.45) is 0 Å². The highest BCUT2D eigenvalue weighted by molar-refractivity contribution is 6.13. The van der Waals surface area contributed by atoms with Crippen LogP contribution in [0.4, 0.5) is 5.69 Å². The number of hydroxylamine groups is 1. The Bertz CT molecular complexity index is 1040. The lowest BCUT2D eigenvalue weighted by Gasteiger charge is -2.25. The summed E-state index contributed by atoms with van der Waals surface area (Å²) < 4.78 is 1.85. The third-order valence-corrected chi connectivity index (χ3v) is 6.23. The van der Waals surface area contributed by atoms with E-state index < -0.39 is 17.4 Å². The molecule has 1 fully saturated rings. The van der Waals surface area contributed by atoms with Gasteiger partial charge in [-0.1, -0.05) is 19.3 Å². The molecule has 0 aromatic carbocycles. The van der Waals surface area contributed by atoms with Crippen molar-refractivity contribution in [3.05, 3.63) is 24.0 Å². The Morgan fingerprint density at radius 3 is 2.45 bits per heavy atom. The van der Waals surface area contributed by atoms with Crippen LogP contribution in [0.5, 0.6) is 0 Å². The molecule has 1 saturated carbocycles. The summed E-state index contributed by atoms with van der Waals surface area (Å²) in [4.78, 5) is 36.1. The maximum atomic E-state index is 12.9. The summed E-state index contributed by atoms with van der Waals surface area (Å²) in [6, 6.07) is 0.340. The number of hydrogen-bond donors (Lipinski definition) is 4. The van der Waals surface area contributed by atoms with Gasteiger partial charge in [-0.25, -0.2) is 14.5 Å². The monoisotopic (exact) mass is 455 g/mol. The number of fused-ring (bicyclic) bond motifs is 1. The highest BCUT2D eigenvalue weighted by Gasteiger charge is 2.50. The molecule has 0 unspecified atom stereocenters. The molecule has 33 heavy (non-hydrogen) atoms. The van der Waals surface area contributed by atoms with Crippen LogP contribution < -0.4 is 21.4 Å². The van der Waals surface area contributed by atoms with Crippen molar-refractivity contribution < 1.29 is 14.4 Å². The second-order valence-electron chi connectivity index (χ2n) is 8.44. The molecule has 3 heterocycles. The summed E-state index contributed by atoms with van der Waals surface area (Å²) in [7, 11) is 0. The van der Waals surface area contributed by atoms with Crippen molar-refractivity contribution in [3.8, 4) is 0 Å². The number of anilines is 1. The topological polar surface area (TPSA) is 122 Å². The fourth-order valence-corrected chi connectivity index (χ4v) is 4.51. The van der Waals surface area contributed by atoms with Crippen LogP contribution in [0.25, 0.3) is 16.7 Å². The van der Waals surface area contributed by atoms with Gasteiger partial charge in [0.05, 0.1) is 23.0 Å². The SMILES string of the molecule is CCNC(=O)C1(C(=O)NCC)C=C(c2cnc3c(cnn3CC)c2NC2CCCCC2)NO1. The van der Waals surface area contributed by atoms with Crippen molar-refractivity contribution in [2.45, 2.75) is 71.1 Å². The van der Waals surface area contributed by atoms with Crippen LogP contribution >= 0.6 is 0 Å². The molecule has 1 aliphatic carbocycles. The first-order valence-electron chi connectivity index (χ1n) is 11.9. The molecule has 0 atom stereocenters. The van der Waals surface area contributed by atoms with E-state index in [2.05, 4.69) is 31.5 Å². The highest BCUT2D eigenvalue weighted by Crippen LogP contribution is 2.36. The van der Waals surface area contributed by atoms with Crippen LogP contribution in [-0.2, 0) is 21.0 Å². The number of amides is 2. The summed E-state index contributed by atoms with van der Waals surface area (Å²) in [6.45, 7) is 7.09. The predicted octanol–water partition coefficient (Wildman–Crippen LogP) is 2.08. The number of carbonyl (C=O) groups is 2. The normalized spacial score (nSPS) is 18.0. The predicted molar refractivity (Wildman–Crippen MR) is 126 cm³/mol. The lowest BCUT2D eigenvalue weighted by atomic mass is 9.94. The number of nitrogens with one attached hydrogen (secondary N) is 4. The number of carbonyl (C=O) groups excluding carboxylic acids is 2. The number of rotatable bonds is 8. The molecule has 2 aliphatic rings. The quantitative estimate of drug-likeness (QED) is 0.450. The lowest BCUT2D eigenvalue weighted by Crippen LogP contribution is -2.57. The minimum Gasteiger partial charge on any atom is -0.381 e. The van der Waals surface area contributed by atoms with E-state index in [-0.39, 0.29) is 0 Å². The molecule has 1 aliphatic heterocycles. The van der Waals surface area contributed by atoms with Gasteiger partial charge < -0.3 is 16.0 Å². The third-order valence-electron chi connectivity index (χ3n) is 6.23. The Kier molecular flexibility index (Phi) is 6.83. The molecule has 2 aromatic heterocycles. The summed E-state index contributed by atoms with van der Waals surface area (Å²) in [5.41, 5.74) is 3.97. The average molecular weight is 456 g/mol. The number of pyridine rings is 1. The van der Waals surface area contributed by atoms with Crippen molar-refractivity contribution in [1.82, 2.24) is 30.9 Å². The van der Waals surface area contributed by atoms with Crippen molar-refractivity contribution in [2.75, 3.05) is 18.4 Å². The van der Waals surface area contributed by atoms with E-state index in [4.69, 9.17) is 4.84 Å². The molecule has 2 aromatic rings. The van der Waals surface area contributed by atoms with E-state index in [0.717, 1.165) is 35.1 Å². The Morgan fingerprint density at radius 2 is 1.82 bits per heavy atom. The molecule has 0 bridgehead atoms. The largest absolute Gasteiger partial charge is 0.381 e. The van der Waals surface area contributed by atoms with Gasteiger partial charge in [0.2, 0.25) is 0 Å². The van der Waals surface area contributed by atoms with Gasteiger partial charge in [0.15, 0.2) is 5.65 Å². The molecule has 4 rings (SSSR count). The second-order valence-corrected chi connectivity index (χ2v) is 8.44. The average Bonchev–Trinajstić information content (AvgIpc) is 3.46. The summed E-state index contributed by atoms with van der Waals surface area (Å²) in [6.07, 6.45) is 10.9. The molecule has 4 N–H and O–H groups in total. The number of nitrogens with zero attached hydrogens (tertiary/aromatic N) is 3. The molecule has 10 nitrogen and oxygen atoms in total. The molecular formula is C23H33N7O3. The number of aryl methyl sites for hydroxylation is 1.